The van der Waals surface area contributed by atoms with Gasteiger partial charge in [-0.1, -0.05) is 4.49 Å². The fourth-order valence-electron chi connectivity index (χ4n) is 1.31. The molecule has 1 saturated carbocycles. The zero-order valence-electron chi connectivity index (χ0n) is 8.17. The molecule has 2 heterocycles. The lowest BCUT2D eigenvalue weighted by atomic mass is 10.4. The first-order chi connectivity index (χ1) is 7.83. The molecule has 0 unspecified atom stereocenters. The van der Waals surface area contributed by atoms with E-state index in [0.29, 0.717) is 10.9 Å². The van der Waals surface area contributed by atoms with Gasteiger partial charge < -0.3 is 5.32 Å². The Bertz CT molecular complexity index is 502. The van der Waals surface area contributed by atoms with Crippen LogP contribution in [0.15, 0.2) is 6.20 Å². The van der Waals surface area contributed by atoms with Crippen molar-refractivity contribution >= 4 is 22.4 Å². The van der Waals surface area contributed by atoms with Gasteiger partial charge in [-0.05, 0) is 12.8 Å². The van der Waals surface area contributed by atoms with Crippen LogP contribution in [0.25, 0.3) is 0 Å². The number of anilines is 1. The third-order valence-corrected chi connectivity index (χ3v) is 2.85. The molecule has 0 radical (unpaired) electrons. The van der Waals surface area contributed by atoms with Crippen molar-refractivity contribution < 1.29 is 4.79 Å². The molecule has 0 bridgehead atoms. The zero-order valence-corrected chi connectivity index (χ0v) is 8.99. The Morgan fingerprint density at radius 3 is 3.12 bits per heavy atom. The van der Waals surface area contributed by atoms with Crippen molar-refractivity contribution in [3.63, 3.8) is 0 Å². The number of carbonyl (C=O) groups excluding carboxylic acids is 1. The summed E-state index contributed by atoms with van der Waals surface area (Å²) >= 11 is 1.11. The minimum atomic E-state index is -0.339. The highest BCUT2D eigenvalue weighted by molar-refractivity contribution is 7.10. The van der Waals surface area contributed by atoms with Crippen LogP contribution in [0, 0.1) is 0 Å². The van der Waals surface area contributed by atoms with Crippen LogP contribution in [0.1, 0.15) is 35.2 Å². The molecule has 1 aliphatic carbocycles. The molecule has 1 fully saturated rings. The SMILES string of the molecule is O=C(Nc1cnns1)c1n[nH]c(C2CC2)n1. The Balaban J connectivity index is 1.73. The van der Waals surface area contributed by atoms with Gasteiger partial charge in [0.1, 0.15) is 10.8 Å². The first-order valence-electron chi connectivity index (χ1n) is 4.84. The summed E-state index contributed by atoms with van der Waals surface area (Å²) < 4.78 is 3.64. The number of hydrogen-bond donors (Lipinski definition) is 2. The van der Waals surface area contributed by atoms with Crippen molar-refractivity contribution in [2.24, 2.45) is 0 Å². The largest absolute Gasteiger partial charge is 0.308 e. The average molecular weight is 236 g/mol. The number of carbonyl (C=O) groups is 1. The topological polar surface area (TPSA) is 96.5 Å². The van der Waals surface area contributed by atoms with E-state index in [1.807, 2.05) is 0 Å². The van der Waals surface area contributed by atoms with Gasteiger partial charge >= 0.3 is 0 Å². The van der Waals surface area contributed by atoms with Crippen LogP contribution in [-0.4, -0.2) is 30.7 Å². The lowest BCUT2D eigenvalue weighted by Gasteiger charge is -1.94. The van der Waals surface area contributed by atoms with Crippen LogP contribution >= 0.6 is 11.5 Å². The van der Waals surface area contributed by atoms with Gasteiger partial charge in [-0.3, -0.25) is 9.89 Å². The number of aromatic nitrogens is 5. The summed E-state index contributed by atoms with van der Waals surface area (Å²) in [6, 6.07) is 0. The van der Waals surface area contributed by atoms with Gasteiger partial charge in [0, 0.05) is 17.5 Å². The number of hydrogen-bond acceptors (Lipinski definition) is 6. The van der Waals surface area contributed by atoms with E-state index >= 15 is 0 Å². The average Bonchev–Trinajstić information content (AvgIpc) is 2.82. The molecule has 2 aromatic rings. The molecule has 0 spiro atoms. The number of rotatable bonds is 3. The van der Waals surface area contributed by atoms with Gasteiger partial charge in [-0.15, -0.1) is 10.2 Å². The zero-order chi connectivity index (χ0) is 11.0. The summed E-state index contributed by atoms with van der Waals surface area (Å²) in [5.74, 6) is 1.08. The van der Waals surface area contributed by atoms with Crippen LogP contribution < -0.4 is 5.32 Å². The van der Waals surface area contributed by atoms with Crippen LogP contribution in [-0.2, 0) is 0 Å². The Labute approximate surface area is 94.5 Å². The van der Waals surface area contributed by atoms with E-state index < -0.39 is 0 Å². The maximum atomic E-state index is 11.7. The molecule has 2 N–H and O–H groups in total. The number of amides is 1. The van der Waals surface area contributed by atoms with Crippen LogP contribution in [0.3, 0.4) is 0 Å². The summed E-state index contributed by atoms with van der Waals surface area (Å²) in [4.78, 5) is 15.8. The van der Waals surface area contributed by atoms with E-state index in [-0.39, 0.29) is 11.7 Å². The standard InChI is InChI=1S/C8H8N6OS/c15-8(10-5-3-9-14-16-5)7-11-6(12-13-7)4-1-2-4/h3-4H,1-2H2,(H,10,15)(H,11,12,13). The van der Waals surface area contributed by atoms with E-state index in [9.17, 15) is 4.79 Å². The smallest absolute Gasteiger partial charge is 0.296 e. The molecule has 8 heteroatoms. The second-order valence-electron chi connectivity index (χ2n) is 3.55. The molecule has 1 aliphatic rings. The predicted molar refractivity (Wildman–Crippen MR) is 56.2 cm³/mol. The monoisotopic (exact) mass is 236 g/mol. The van der Waals surface area contributed by atoms with Crippen LogP contribution in [0.2, 0.25) is 0 Å². The second kappa shape index (κ2) is 3.63. The van der Waals surface area contributed by atoms with Gasteiger partial charge in [0.25, 0.3) is 5.91 Å². The van der Waals surface area contributed by atoms with E-state index in [4.69, 9.17) is 0 Å². The molecule has 82 valence electrons. The fourth-order valence-corrected chi connectivity index (χ4v) is 1.72. The molecule has 2 aromatic heterocycles. The van der Waals surface area contributed by atoms with E-state index in [2.05, 4.69) is 30.1 Å². The minimum absolute atomic E-state index is 0.162. The molecule has 0 aliphatic heterocycles. The molecule has 3 rings (SSSR count). The Hall–Kier alpha value is -1.83. The molecule has 0 atom stereocenters. The molecule has 0 saturated heterocycles. The highest BCUT2D eigenvalue weighted by atomic mass is 32.1. The van der Waals surface area contributed by atoms with Crippen molar-refractivity contribution in [3.05, 3.63) is 17.8 Å². The van der Waals surface area contributed by atoms with Gasteiger partial charge in [-0.2, -0.15) is 0 Å². The minimum Gasteiger partial charge on any atom is -0.308 e. The fraction of sp³-hybridized carbons (Fsp3) is 0.375. The Kier molecular flexibility index (Phi) is 2.13. The van der Waals surface area contributed by atoms with E-state index in [1.165, 1.54) is 6.20 Å². The Morgan fingerprint density at radius 1 is 1.56 bits per heavy atom. The number of nitrogens with zero attached hydrogens (tertiary/aromatic N) is 4. The summed E-state index contributed by atoms with van der Waals surface area (Å²) in [5, 5.41) is 13.5. The van der Waals surface area contributed by atoms with Crippen LogP contribution in [0.4, 0.5) is 5.00 Å². The van der Waals surface area contributed by atoms with Crippen molar-refractivity contribution in [2.75, 3.05) is 5.32 Å². The van der Waals surface area contributed by atoms with Gasteiger partial charge in [-0.25, -0.2) is 4.98 Å². The summed E-state index contributed by atoms with van der Waals surface area (Å²) in [6.07, 6.45) is 3.72. The number of H-pyrrole nitrogens is 1. The molecule has 7 nitrogen and oxygen atoms in total. The lowest BCUT2D eigenvalue weighted by molar-refractivity contribution is 0.101. The molecular formula is C8H8N6OS. The lowest BCUT2D eigenvalue weighted by Crippen LogP contribution is -2.12. The maximum Gasteiger partial charge on any atom is 0.296 e. The number of aromatic amines is 1. The molecule has 16 heavy (non-hydrogen) atoms. The second-order valence-corrected chi connectivity index (χ2v) is 4.34. The first-order valence-corrected chi connectivity index (χ1v) is 5.61. The molecule has 1 amide bonds. The van der Waals surface area contributed by atoms with Gasteiger partial charge in [0.15, 0.2) is 0 Å². The molecular weight excluding hydrogens is 228 g/mol. The van der Waals surface area contributed by atoms with Crippen molar-refractivity contribution in [3.8, 4) is 0 Å². The van der Waals surface area contributed by atoms with E-state index in [1.54, 1.807) is 0 Å². The maximum absolute atomic E-state index is 11.7. The summed E-state index contributed by atoms with van der Waals surface area (Å²) in [6.45, 7) is 0. The van der Waals surface area contributed by atoms with Crippen molar-refractivity contribution in [2.45, 2.75) is 18.8 Å². The molecule has 0 aromatic carbocycles. The third kappa shape index (κ3) is 1.78. The number of nitrogens with one attached hydrogen (secondary N) is 2. The third-order valence-electron chi connectivity index (χ3n) is 2.27. The van der Waals surface area contributed by atoms with Crippen molar-refractivity contribution in [1.29, 1.82) is 0 Å². The van der Waals surface area contributed by atoms with Crippen molar-refractivity contribution in [1.82, 2.24) is 24.8 Å². The predicted octanol–water partition coefficient (Wildman–Crippen LogP) is 0.786. The highest BCUT2D eigenvalue weighted by Gasteiger charge is 2.28. The van der Waals surface area contributed by atoms with Crippen LogP contribution in [0.5, 0.6) is 0 Å². The highest BCUT2D eigenvalue weighted by Crippen LogP contribution is 2.37. The van der Waals surface area contributed by atoms with Gasteiger partial charge in [0.05, 0.1) is 6.20 Å². The normalized spacial score (nSPS) is 15.0. The van der Waals surface area contributed by atoms with E-state index in [0.717, 1.165) is 30.2 Å². The Morgan fingerprint density at radius 2 is 2.44 bits per heavy atom. The summed E-state index contributed by atoms with van der Waals surface area (Å²) in [7, 11) is 0. The quantitative estimate of drug-likeness (QED) is 0.821. The van der Waals surface area contributed by atoms with Gasteiger partial charge in [0.2, 0.25) is 5.82 Å². The first kappa shape index (κ1) is 9.40. The summed E-state index contributed by atoms with van der Waals surface area (Å²) in [5.41, 5.74) is 0.